The van der Waals surface area contributed by atoms with Crippen molar-refractivity contribution in [3.63, 3.8) is 0 Å². The van der Waals surface area contributed by atoms with Gasteiger partial charge in [0.15, 0.2) is 5.78 Å². The molecule has 3 heteroatoms. The van der Waals surface area contributed by atoms with Crippen LogP contribution in [0.1, 0.15) is 106 Å². The third kappa shape index (κ3) is 2.85. The molecule has 0 heterocycles. The highest BCUT2D eigenvalue weighted by atomic mass is 16.3. The van der Waals surface area contributed by atoms with E-state index >= 15 is 0 Å². The van der Waals surface area contributed by atoms with Gasteiger partial charge in [-0.05, 0) is 110 Å². The van der Waals surface area contributed by atoms with Gasteiger partial charge in [0.25, 0.3) is 0 Å². The number of carbonyl (C=O) groups excluding carboxylic acids is 1. The van der Waals surface area contributed by atoms with Crippen molar-refractivity contribution in [2.24, 2.45) is 50.7 Å². The van der Waals surface area contributed by atoms with Crippen molar-refractivity contribution in [1.29, 1.82) is 0 Å². The molecular weight excluding hydrogens is 408 g/mol. The maximum atomic E-state index is 12.6. The molecule has 5 rings (SSSR count). The first kappa shape index (κ1) is 24.0. The van der Waals surface area contributed by atoms with Crippen molar-refractivity contribution in [2.75, 3.05) is 0 Å². The largest absolute Gasteiger partial charge is 0.392 e. The minimum Gasteiger partial charge on any atom is -0.392 e. The number of ketones is 1. The molecule has 5 fully saturated rings. The van der Waals surface area contributed by atoms with E-state index in [9.17, 15) is 15.0 Å². The summed E-state index contributed by atoms with van der Waals surface area (Å²) in [4.78, 5) is 12.6. The maximum Gasteiger partial charge on any atom is 0.155 e. The van der Waals surface area contributed by atoms with Gasteiger partial charge in [0.2, 0.25) is 0 Å². The minimum atomic E-state index is -0.392. The number of carbonyl (C=O) groups is 1. The molecule has 5 aliphatic carbocycles. The van der Waals surface area contributed by atoms with Gasteiger partial charge in [-0.25, -0.2) is 0 Å². The molecule has 0 radical (unpaired) electrons. The number of rotatable bonds is 4. The van der Waals surface area contributed by atoms with Gasteiger partial charge < -0.3 is 10.2 Å². The summed E-state index contributed by atoms with van der Waals surface area (Å²) in [7, 11) is 0. The molecule has 0 saturated heterocycles. The van der Waals surface area contributed by atoms with Crippen molar-refractivity contribution in [1.82, 2.24) is 0 Å². The van der Waals surface area contributed by atoms with Gasteiger partial charge in [-0.2, -0.15) is 0 Å². The number of allylic oxidation sites excluding steroid dienone is 2. The van der Waals surface area contributed by atoms with Gasteiger partial charge in [-0.15, -0.1) is 0 Å². The summed E-state index contributed by atoms with van der Waals surface area (Å²) in [6.45, 7) is 16.0. The fraction of sp³-hybridized carbons (Fsp3) is 0.900. The van der Waals surface area contributed by atoms with Crippen LogP contribution in [-0.2, 0) is 4.79 Å². The molecule has 33 heavy (non-hydrogen) atoms. The van der Waals surface area contributed by atoms with E-state index in [1.807, 2.05) is 19.9 Å². The van der Waals surface area contributed by atoms with E-state index in [0.717, 1.165) is 12.0 Å². The Morgan fingerprint density at radius 1 is 0.939 bits per heavy atom. The molecule has 0 unspecified atom stereocenters. The van der Waals surface area contributed by atoms with E-state index in [2.05, 4.69) is 34.6 Å². The monoisotopic (exact) mass is 456 g/mol. The normalized spacial score (nSPS) is 52.6. The number of aliphatic hydroxyl groups is 2. The molecule has 0 aromatic heterocycles. The number of fused-ring (bicyclic) bond motifs is 2. The fourth-order valence-electron chi connectivity index (χ4n) is 11.1. The summed E-state index contributed by atoms with van der Waals surface area (Å²) in [5.74, 6) is 2.43. The Labute approximate surface area is 201 Å². The highest BCUT2D eigenvalue weighted by molar-refractivity contribution is 5.90. The molecule has 0 aliphatic heterocycles. The van der Waals surface area contributed by atoms with Crippen LogP contribution < -0.4 is 0 Å². The van der Waals surface area contributed by atoms with E-state index in [4.69, 9.17) is 0 Å². The van der Waals surface area contributed by atoms with Crippen LogP contribution >= 0.6 is 0 Å². The lowest BCUT2D eigenvalue weighted by molar-refractivity contribution is -0.195. The summed E-state index contributed by atoms with van der Waals surface area (Å²) < 4.78 is 0. The van der Waals surface area contributed by atoms with Gasteiger partial charge >= 0.3 is 0 Å². The molecule has 0 aromatic rings. The minimum absolute atomic E-state index is 0.0338. The second-order valence-electron chi connectivity index (χ2n) is 14.5. The standard InChI is InChI=1S/C30H48O3/c1-18(2)14-20(31)15-19(3)21-10-11-28(7)23-9-8-22-26(4,5)24(32)16-25(33)30(22)17-29(23,30)13-12-27(21,28)6/h14,19,21-25,32-33H,8-13,15-17H2,1-7H3/t19-,21-,22+,23+,24+,25+,27-,28+,29+,30-/m1/s1. The Morgan fingerprint density at radius 3 is 2.27 bits per heavy atom. The number of aliphatic hydroxyl groups excluding tert-OH is 2. The summed E-state index contributed by atoms with van der Waals surface area (Å²) in [6.07, 6.45) is 10.9. The lowest BCUT2D eigenvalue weighted by atomic mass is 9.41. The van der Waals surface area contributed by atoms with Crippen LogP contribution in [-0.4, -0.2) is 28.2 Å². The van der Waals surface area contributed by atoms with Crippen molar-refractivity contribution in [2.45, 2.75) is 118 Å². The lowest BCUT2D eigenvalue weighted by Gasteiger charge is -2.64. The molecule has 0 amide bonds. The maximum absolute atomic E-state index is 12.6. The topological polar surface area (TPSA) is 57.5 Å². The van der Waals surface area contributed by atoms with Gasteiger partial charge in [-0.1, -0.05) is 40.2 Å². The SMILES string of the molecule is CC(C)=CC(=O)C[C@@H](C)[C@H]1CC[C@@]2(C)[C@@H]3CC[C@H]4C(C)(C)[C@@H](O)C[C@H](O)[C@@]45C[C@@]35CC[C@]12C. The first-order valence-electron chi connectivity index (χ1n) is 13.8. The van der Waals surface area contributed by atoms with Crippen LogP contribution in [0.15, 0.2) is 11.6 Å². The zero-order valence-electron chi connectivity index (χ0n) is 22.2. The van der Waals surface area contributed by atoms with Crippen molar-refractivity contribution >= 4 is 5.78 Å². The van der Waals surface area contributed by atoms with Crippen LogP contribution in [0.25, 0.3) is 0 Å². The Balaban J connectivity index is 1.44. The quantitative estimate of drug-likeness (QED) is 0.487. The van der Waals surface area contributed by atoms with Crippen molar-refractivity contribution < 1.29 is 15.0 Å². The number of hydrogen-bond donors (Lipinski definition) is 2. The summed E-state index contributed by atoms with van der Waals surface area (Å²) in [5, 5.41) is 22.3. The smallest absolute Gasteiger partial charge is 0.155 e. The second-order valence-corrected chi connectivity index (χ2v) is 14.5. The molecule has 2 N–H and O–H groups in total. The van der Waals surface area contributed by atoms with E-state index in [-0.39, 0.29) is 33.2 Å². The Hall–Kier alpha value is -0.670. The Bertz CT molecular complexity index is 870. The molecule has 0 bridgehead atoms. The van der Waals surface area contributed by atoms with Crippen molar-refractivity contribution in [3.05, 3.63) is 11.6 Å². The molecule has 2 spiro atoms. The summed E-state index contributed by atoms with van der Waals surface area (Å²) in [5.41, 5.74) is 1.87. The van der Waals surface area contributed by atoms with E-state index in [1.165, 1.54) is 38.5 Å². The molecule has 0 aromatic carbocycles. The van der Waals surface area contributed by atoms with Gasteiger partial charge in [0.05, 0.1) is 12.2 Å². The first-order valence-corrected chi connectivity index (χ1v) is 13.8. The zero-order chi connectivity index (χ0) is 24.2. The average molecular weight is 457 g/mol. The predicted octanol–water partition coefficient (Wildman–Crippen LogP) is 6.32. The van der Waals surface area contributed by atoms with Crippen LogP contribution in [0.3, 0.4) is 0 Å². The van der Waals surface area contributed by atoms with E-state index in [0.29, 0.717) is 42.3 Å². The highest BCUT2D eigenvalue weighted by Gasteiger charge is 2.84. The Morgan fingerprint density at radius 2 is 1.61 bits per heavy atom. The van der Waals surface area contributed by atoms with E-state index < -0.39 is 6.10 Å². The Kier molecular flexibility index (Phi) is 5.24. The molecule has 3 nitrogen and oxygen atoms in total. The summed E-state index contributed by atoms with van der Waals surface area (Å²) in [6, 6.07) is 0. The highest BCUT2D eigenvalue weighted by Crippen LogP contribution is 2.89. The van der Waals surface area contributed by atoms with Gasteiger partial charge in [-0.3, -0.25) is 4.79 Å². The van der Waals surface area contributed by atoms with Crippen LogP contribution in [0.4, 0.5) is 0 Å². The molecular formula is C30H48O3. The van der Waals surface area contributed by atoms with Crippen LogP contribution in [0.5, 0.6) is 0 Å². The fourth-order valence-corrected chi connectivity index (χ4v) is 11.1. The average Bonchev–Trinajstić information content (AvgIpc) is 3.31. The molecule has 10 atom stereocenters. The zero-order valence-corrected chi connectivity index (χ0v) is 22.2. The predicted molar refractivity (Wildman–Crippen MR) is 132 cm³/mol. The third-order valence-electron chi connectivity index (χ3n) is 12.9. The van der Waals surface area contributed by atoms with E-state index in [1.54, 1.807) is 0 Å². The molecule has 5 saturated carbocycles. The lowest BCUT2D eigenvalue weighted by Crippen LogP contribution is -2.61. The van der Waals surface area contributed by atoms with Crippen LogP contribution in [0, 0.1) is 50.7 Å². The van der Waals surface area contributed by atoms with Crippen molar-refractivity contribution in [3.8, 4) is 0 Å². The second kappa shape index (κ2) is 7.19. The third-order valence-corrected chi connectivity index (χ3v) is 12.9. The molecule has 186 valence electrons. The van der Waals surface area contributed by atoms with Crippen LogP contribution in [0.2, 0.25) is 0 Å². The number of hydrogen-bond acceptors (Lipinski definition) is 3. The summed E-state index contributed by atoms with van der Waals surface area (Å²) >= 11 is 0. The molecule has 5 aliphatic rings. The van der Waals surface area contributed by atoms with Gasteiger partial charge in [0.1, 0.15) is 0 Å². The van der Waals surface area contributed by atoms with Gasteiger partial charge in [0, 0.05) is 18.3 Å². The first-order chi connectivity index (χ1) is 15.3.